The van der Waals surface area contributed by atoms with Crippen molar-refractivity contribution in [1.82, 2.24) is 9.88 Å². The Labute approximate surface area is 88.0 Å². The highest BCUT2D eigenvalue weighted by atomic mass is 16.5. The maximum atomic E-state index is 11.5. The number of esters is 1. The zero-order valence-electron chi connectivity index (χ0n) is 8.82. The van der Waals surface area contributed by atoms with Crippen molar-refractivity contribution in [3.63, 3.8) is 0 Å². The molecule has 0 unspecified atom stereocenters. The van der Waals surface area contributed by atoms with Crippen molar-refractivity contribution in [2.75, 3.05) is 13.2 Å². The standard InChI is InChI=1S/C10H14N2O3/c1-3-15-9(13)7-11-10(14)8-5-4-6-12(8)2/h4-6H,3,7H2,1-2H3,(H,11,14). The molecule has 1 aromatic rings. The molecule has 5 heteroatoms. The van der Waals surface area contributed by atoms with E-state index in [9.17, 15) is 9.59 Å². The van der Waals surface area contributed by atoms with Crippen LogP contribution in [0.4, 0.5) is 0 Å². The minimum absolute atomic E-state index is 0.0994. The van der Waals surface area contributed by atoms with Crippen molar-refractivity contribution in [3.8, 4) is 0 Å². The number of rotatable bonds is 4. The Morgan fingerprint density at radius 1 is 1.53 bits per heavy atom. The SMILES string of the molecule is CCOC(=O)CNC(=O)c1cccn1C. The Morgan fingerprint density at radius 3 is 2.80 bits per heavy atom. The maximum Gasteiger partial charge on any atom is 0.325 e. The lowest BCUT2D eigenvalue weighted by Gasteiger charge is -2.05. The Kier molecular flexibility index (Phi) is 3.91. The Morgan fingerprint density at radius 2 is 2.27 bits per heavy atom. The molecule has 1 aromatic heterocycles. The number of hydrogen-bond donors (Lipinski definition) is 1. The number of aromatic nitrogens is 1. The summed E-state index contributed by atoms with van der Waals surface area (Å²) >= 11 is 0. The van der Waals surface area contributed by atoms with Gasteiger partial charge in [-0.05, 0) is 19.1 Å². The van der Waals surface area contributed by atoms with Crippen LogP contribution < -0.4 is 5.32 Å². The monoisotopic (exact) mass is 210 g/mol. The van der Waals surface area contributed by atoms with E-state index >= 15 is 0 Å². The first-order chi connectivity index (χ1) is 7.15. The third kappa shape index (κ3) is 3.12. The van der Waals surface area contributed by atoms with Crippen LogP contribution in [0.5, 0.6) is 0 Å². The second-order valence-corrected chi connectivity index (χ2v) is 2.99. The molecule has 82 valence electrons. The summed E-state index contributed by atoms with van der Waals surface area (Å²) in [6.45, 7) is 1.94. The van der Waals surface area contributed by atoms with E-state index in [-0.39, 0.29) is 12.5 Å². The first-order valence-electron chi connectivity index (χ1n) is 4.70. The number of amides is 1. The van der Waals surface area contributed by atoms with Crippen molar-refractivity contribution in [2.24, 2.45) is 7.05 Å². The van der Waals surface area contributed by atoms with Crippen LogP contribution in [-0.2, 0) is 16.6 Å². The minimum Gasteiger partial charge on any atom is -0.465 e. The average molecular weight is 210 g/mol. The van der Waals surface area contributed by atoms with Crippen LogP contribution in [0.2, 0.25) is 0 Å². The summed E-state index contributed by atoms with van der Waals surface area (Å²) < 4.78 is 6.36. The van der Waals surface area contributed by atoms with E-state index in [1.807, 2.05) is 0 Å². The summed E-state index contributed by atoms with van der Waals surface area (Å²) in [4.78, 5) is 22.5. The molecule has 0 aromatic carbocycles. The molecule has 0 aliphatic heterocycles. The lowest BCUT2D eigenvalue weighted by Crippen LogP contribution is -2.31. The second kappa shape index (κ2) is 5.19. The first-order valence-corrected chi connectivity index (χ1v) is 4.70. The van der Waals surface area contributed by atoms with Crippen LogP contribution in [0.3, 0.4) is 0 Å². The van der Waals surface area contributed by atoms with Gasteiger partial charge in [0.1, 0.15) is 12.2 Å². The number of carbonyl (C=O) groups excluding carboxylic acids is 2. The molecule has 0 atom stereocenters. The molecular formula is C10H14N2O3. The highest BCUT2D eigenvalue weighted by Crippen LogP contribution is 1.98. The zero-order chi connectivity index (χ0) is 11.3. The molecule has 1 N–H and O–H groups in total. The minimum atomic E-state index is -0.431. The van der Waals surface area contributed by atoms with Crippen LogP contribution in [0.1, 0.15) is 17.4 Å². The van der Waals surface area contributed by atoms with Crippen LogP contribution in [0, 0.1) is 0 Å². The smallest absolute Gasteiger partial charge is 0.325 e. The molecule has 1 amide bonds. The normalized spacial score (nSPS) is 9.73. The van der Waals surface area contributed by atoms with E-state index in [2.05, 4.69) is 10.1 Å². The van der Waals surface area contributed by atoms with Crippen molar-refractivity contribution in [2.45, 2.75) is 6.92 Å². The van der Waals surface area contributed by atoms with Gasteiger partial charge in [0, 0.05) is 13.2 Å². The Bertz CT molecular complexity index is 357. The predicted molar refractivity (Wildman–Crippen MR) is 54.4 cm³/mol. The van der Waals surface area contributed by atoms with Gasteiger partial charge in [0.15, 0.2) is 0 Å². The summed E-state index contributed by atoms with van der Waals surface area (Å²) in [5.74, 6) is -0.712. The van der Waals surface area contributed by atoms with E-state index in [1.54, 1.807) is 36.9 Å². The molecule has 0 radical (unpaired) electrons. The van der Waals surface area contributed by atoms with Gasteiger partial charge in [-0.3, -0.25) is 9.59 Å². The average Bonchev–Trinajstić information content (AvgIpc) is 2.61. The molecule has 15 heavy (non-hydrogen) atoms. The van der Waals surface area contributed by atoms with Gasteiger partial charge in [0.25, 0.3) is 5.91 Å². The van der Waals surface area contributed by atoms with E-state index in [4.69, 9.17) is 0 Å². The van der Waals surface area contributed by atoms with Crippen LogP contribution in [0.15, 0.2) is 18.3 Å². The molecular weight excluding hydrogens is 196 g/mol. The molecule has 0 saturated carbocycles. The second-order valence-electron chi connectivity index (χ2n) is 2.99. The van der Waals surface area contributed by atoms with E-state index in [0.717, 1.165) is 0 Å². The number of carbonyl (C=O) groups is 2. The van der Waals surface area contributed by atoms with Gasteiger partial charge < -0.3 is 14.6 Å². The van der Waals surface area contributed by atoms with E-state index in [1.165, 1.54) is 0 Å². The summed E-state index contributed by atoms with van der Waals surface area (Å²) in [7, 11) is 1.76. The zero-order valence-corrected chi connectivity index (χ0v) is 8.82. The fourth-order valence-corrected chi connectivity index (χ4v) is 1.15. The Hall–Kier alpha value is -1.78. The Balaban J connectivity index is 2.44. The van der Waals surface area contributed by atoms with Gasteiger partial charge in [-0.15, -0.1) is 0 Å². The van der Waals surface area contributed by atoms with E-state index in [0.29, 0.717) is 12.3 Å². The maximum absolute atomic E-state index is 11.5. The highest BCUT2D eigenvalue weighted by molar-refractivity contribution is 5.94. The highest BCUT2D eigenvalue weighted by Gasteiger charge is 2.10. The summed E-state index contributed by atoms with van der Waals surface area (Å²) in [5.41, 5.74) is 0.513. The van der Waals surface area contributed by atoms with Crippen LogP contribution in [0.25, 0.3) is 0 Å². The lowest BCUT2D eigenvalue weighted by molar-refractivity contribution is -0.141. The van der Waals surface area contributed by atoms with Crippen molar-refractivity contribution < 1.29 is 14.3 Å². The van der Waals surface area contributed by atoms with Crippen molar-refractivity contribution in [1.29, 1.82) is 0 Å². The number of nitrogens with one attached hydrogen (secondary N) is 1. The quantitative estimate of drug-likeness (QED) is 0.728. The molecule has 5 nitrogen and oxygen atoms in total. The van der Waals surface area contributed by atoms with Gasteiger partial charge in [-0.2, -0.15) is 0 Å². The number of hydrogen-bond acceptors (Lipinski definition) is 3. The molecule has 0 bridgehead atoms. The fraction of sp³-hybridized carbons (Fsp3) is 0.400. The predicted octanol–water partition coefficient (Wildman–Crippen LogP) is 0.318. The van der Waals surface area contributed by atoms with Gasteiger partial charge in [0.05, 0.1) is 6.61 Å². The molecule has 0 aliphatic rings. The van der Waals surface area contributed by atoms with Crippen LogP contribution in [-0.4, -0.2) is 29.6 Å². The first kappa shape index (κ1) is 11.3. The topological polar surface area (TPSA) is 60.3 Å². The van der Waals surface area contributed by atoms with Gasteiger partial charge in [0.2, 0.25) is 0 Å². The summed E-state index contributed by atoms with van der Waals surface area (Å²) in [5, 5.41) is 2.48. The third-order valence-electron chi connectivity index (χ3n) is 1.88. The lowest BCUT2D eigenvalue weighted by atomic mass is 10.4. The van der Waals surface area contributed by atoms with Crippen molar-refractivity contribution >= 4 is 11.9 Å². The molecule has 0 fully saturated rings. The van der Waals surface area contributed by atoms with Gasteiger partial charge in [-0.1, -0.05) is 0 Å². The number of nitrogens with zero attached hydrogens (tertiary/aromatic N) is 1. The van der Waals surface area contributed by atoms with E-state index < -0.39 is 5.97 Å². The van der Waals surface area contributed by atoms with Gasteiger partial charge in [-0.25, -0.2) is 0 Å². The molecule has 0 aliphatic carbocycles. The largest absolute Gasteiger partial charge is 0.465 e. The molecule has 0 spiro atoms. The van der Waals surface area contributed by atoms with Crippen LogP contribution >= 0.6 is 0 Å². The number of aryl methyl sites for hydroxylation is 1. The summed E-state index contributed by atoms with van der Waals surface area (Å²) in [6.07, 6.45) is 1.76. The third-order valence-corrected chi connectivity index (χ3v) is 1.88. The van der Waals surface area contributed by atoms with Crippen molar-refractivity contribution in [3.05, 3.63) is 24.0 Å². The molecule has 1 rings (SSSR count). The summed E-state index contributed by atoms with van der Waals surface area (Å²) in [6, 6.07) is 3.44. The fourth-order valence-electron chi connectivity index (χ4n) is 1.15. The van der Waals surface area contributed by atoms with Gasteiger partial charge >= 0.3 is 5.97 Å². The molecule has 0 saturated heterocycles. The number of ether oxygens (including phenoxy) is 1. The molecule has 1 heterocycles.